The molecule has 2 N–H and O–H groups in total. The Morgan fingerprint density at radius 2 is 2.05 bits per heavy atom. The number of amides is 1. The summed E-state index contributed by atoms with van der Waals surface area (Å²) in [6.07, 6.45) is 0. The fourth-order valence-corrected chi connectivity index (χ4v) is 1.99. The van der Waals surface area contributed by atoms with Crippen molar-refractivity contribution in [3.63, 3.8) is 0 Å². The fraction of sp³-hybridized carbons (Fsp3) is 0.333. The van der Waals surface area contributed by atoms with E-state index in [4.69, 9.17) is 0 Å². The van der Waals surface area contributed by atoms with Gasteiger partial charge in [-0.2, -0.15) is 0 Å². The molecule has 0 aliphatic rings. The molecule has 20 heavy (non-hydrogen) atoms. The monoisotopic (exact) mass is 272 g/mol. The van der Waals surface area contributed by atoms with Crippen LogP contribution in [-0.4, -0.2) is 50.0 Å². The number of likely N-dealkylation sites (N-methyl/N-ethyl adjacent to an activating group) is 1. The molecule has 0 unspecified atom stereocenters. The summed E-state index contributed by atoms with van der Waals surface area (Å²) < 4.78 is 0. The molecule has 5 heteroatoms. The summed E-state index contributed by atoms with van der Waals surface area (Å²) in [4.78, 5) is 18.5. The Hall–Kier alpha value is -2.14. The second-order valence-electron chi connectivity index (χ2n) is 4.89. The van der Waals surface area contributed by atoms with Crippen LogP contribution in [0, 0.1) is 0 Å². The molecule has 1 heterocycles. The van der Waals surface area contributed by atoms with Crippen LogP contribution < -0.4 is 10.6 Å². The first-order valence-electron chi connectivity index (χ1n) is 6.62. The van der Waals surface area contributed by atoms with Gasteiger partial charge in [0.1, 0.15) is 11.5 Å². The van der Waals surface area contributed by atoms with E-state index in [2.05, 4.69) is 15.6 Å². The predicted octanol–water partition coefficient (Wildman–Crippen LogP) is 1.57. The number of nitrogens with one attached hydrogen (secondary N) is 2. The van der Waals surface area contributed by atoms with Crippen LogP contribution >= 0.6 is 0 Å². The Morgan fingerprint density at radius 3 is 2.75 bits per heavy atom. The number of hydrogen-bond donors (Lipinski definition) is 2. The van der Waals surface area contributed by atoms with Gasteiger partial charge in [-0.15, -0.1) is 0 Å². The molecule has 0 aliphatic carbocycles. The summed E-state index contributed by atoms with van der Waals surface area (Å²) in [5.41, 5.74) is 0.437. The molecule has 0 saturated carbocycles. The van der Waals surface area contributed by atoms with Crippen molar-refractivity contribution >= 4 is 22.5 Å². The van der Waals surface area contributed by atoms with Gasteiger partial charge in [0.15, 0.2) is 0 Å². The average molecular weight is 272 g/mol. The van der Waals surface area contributed by atoms with Crippen LogP contribution in [0.1, 0.15) is 10.5 Å². The third kappa shape index (κ3) is 3.24. The normalized spacial score (nSPS) is 10.8. The lowest BCUT2D eigenvalue weighted by molar-refractivity contribution is 0.0946. The number of carbonyl (C=O) groups is 1. The fourth-order valence-electron chi connectivity index (χ4n) is 1.99. The van der Waals surface area contributed by atoms with Crippen LogP contribution in [0.2, 0.25) is 0 Å². The molecule has 0 atom stereocenters. The zero-order valence-electron chi connectivity index (χ0n) is 12.1. The summed E-state index contributed by atoms with van der Waals surface area (Å²) in [5, 5.41) is 7.93. The topological polar surface area (TPSA) is 57.3 Å². The van der Waals surface area contributed by atoms with Crippen molar-refractivity contribution in [3.8, 4) is 0 Å². The zero-order chi connectivity index (χ0) is 14.5. The zero-order valence-corrected chi connectivity index (χ0v) is 12.1. The van der Waals surface area contributed by atoms with Crippen molar-refractivity contribution < 1.29 is 4.79 Å². The molecule has 0 saturated heterocycles. The average Bonchev–Trinajstić information content (AvgIpc) is 2.45. The first kappa shape index (κ1) is 14.3. The van der Waals surface area contributed by atoms with Crippen molar-refractivity contribution in [2.75, 3.05) is 39.5 Å². The molecule has 5 nitrogen and oxygen atoms in total. The van der Waals surface area contributed by atoms with Crippen molar-refractivity contribution in [1.82, 2.24) is 15.2 Å². The van der Waals surface area contributed by atoms with Crippen LogP contribution in [0.5, 0.6) is 0 Å². The molecule has 0 radical (unpaired) electrons. The third-order valence-corrected chi connectivity index (χ3v) is 3.05. The summed E-state index contributed by atoms with van der Waals surface area (Å²) >= 11 is 0. The predicted molar refractivity (Wildman–Crippen MR) is 82.2 cm³/mol. The largest absolute Gasteiger partial charge is 0.373 e. The van der Waals surface area contributed by atoms with E-state index in [1.165, 1.54) is 0 Å². The smallest absolute Gasteiger partial charge is 0.270 e. The number of anilines is 1. The minimum atomic E-state index is -0.144. The van der Waals surface area contributed by atoms with Gasteiger partial charge in [-0.3, -0.25) is 4.79 Å². The Labute approximate surface area is 119 Å². The van der Waals surface area contributed by atoms with E-state index in [1.54, 1.807) is 0 Å². The van der Waals surface area contributed by atoms with Gasteiger partial charge in [0.05, 0.1) is 0 Å². The van der Waals surface area contributed by atoms with Gasteiger partial charge in [0.2, 0.25) is 0 Å². The number of pyridine rings is 1. The van der Waals surface area contributed by atoms with Gasteiger partial charge in [0.25, 0.3) is 5.91 Å². The number of aromatic nitrogens is 1. The molecule has 0 bridgehead atoms. The molecule has 1 aromatic heterocycles. The number of rotatable bonds is 5. The summed E-state index contributed by atoms with van der Waals surface area (Å²) in [6.45, 7) is 1.41. The van der Waals surface area contributed by atoms with Crippen molar-refractivity contribution in [2.45, 2.75) is 0 Å². The second kappa shape index (κ2) is 6.34. The van der Waals surface area contributed by atoms with Crippen molar-refractivity contribution in [3.05, 3.63) is 36.0 Å². The molecule has 0 spiro atoms. The lowest BCUT2D eigenvalue weighted by Crippen LogP contribution is -2.31. The highest BCUT2D eigenvalue weighted by atomic mass is 16.1. The lowest BCUT2D eigenvalue weighted by atomic mass is 10.1. The highest BCUT2D eigenvalue weighted by molar-refractivity contribution is 6.00. The van der Waals surface area contributed by atoms with Crippen molar-refractivity contribution in [2.24, 2.45) is 0 Å². The number of nitrogens with zero attached hydrogens (tertiary/aromatic N) is 2. The van der Waals surface area contributed by atoms with Crippen LogP contribution in [0.25, 0.3) is 10.8 Å². The van der Waals surface area contributed by atoms with E-state index >= 15 is 0 Å². The highest BCUT2D eigenvalue weighted by Crippen LogP contribution is 2.21. The maximum Gasteiger partial charge on any atom is 0.270 e. The first-order valence-corrected chi connectivity index (χ1v) is 6.62. The number of hydrogen-bond acceptors (Lipinski definition) is 4. The summed E-state index contributed by atoms with van der Waals surface area (Å²) in [6, 6.07) is 9.70. The molecular formula is C15H20N4O. The molecule has 1 amide bonds. The van der Waals surface area contributed by atoms with E-state index in [0.717, 1.165) is 23.1 Å². The molecule has 106 valence electrons. The maximum absolute atomic E-state index is 12.1. The second-order valence-corrected chi connectivity index (χ2v) is 4.89. The van der Waals surface area contributed by atoms with Gasteiger partial charge in [-0.05, 0) is 25.5 Å². The Balaban J connectivity index is 2.23. The van der Waals surface area contributed by atoms with Gasteiger partial charge in [-0.1, -0.05) is 24.3 Å². The first-order chi connectivity index (χ1) is 9.61. The molecule has 1 aromatic carbocycles. The van der Waals surface area contributed by atoms with Gasteiger partial charge < -0.3 is 15.5 Å². The molecule has 0 fully saturated rings. The van der Waals surface area contributed by atoms with E-state index in [9.17, 15) is 4.79 Å². The number of benzene rings is 1. The summed E-state index contributed by atoms with van der Waals surface area (Å²) in [5.74, 6) is 0.579. The quantitative estimate of drug-likeness (QED) is 0.867. The molecule has 2 rings (SSSR count). The van der Waals surface area contributed by atoms with Crippen LogP contribution in [-0.2, 0) is 0 Å². The third-order valence-electron chi connectivity index (χ3n) is 3.05. The van der Waals surface area contributed by atoms with E-state index in [1.807, 2.05) is 56.4 Å². The highest BCUT2D eigenvalue weighted by Gasteiger charge is 2.11. The van der Waals surface area contributed by atoms with E-state index in [0.29, 0.717) is 12.2 Å². The Bertz CT molecular complexity index is 610. The standard InChI is InChI=1S/C15H20N4O/c1-16-14-12-7-5-4-6-11(12)10-13(18-14)15(20)17-8-9-19(2)3/h4-7,10H,8-9H2,1-3H3,(H,16,18)(H,17,20). The number of carbonyl (C=O) groups excluding carboxylic acids is 1. The van der Waals surface area contributed by atoms with Gasteiger partial charge >= 0.3 is 0 Å². The Kier molecular flexibility index (Phi) is 4.53. The molecule has 0 aliphatic heterocycles. The minimum absolute atomic E-state index is 0.144. The van der Waals surface area contributed by atoms with Gasteiger partial charge in [0, 0.05) is 25.5 Å². The Morgan fingerprint density at radius 1 is 1.30 bits per heavy atom. The molecular weight excluding hydrogens is 252 g/mol. The van der Waals surface area contributed by atoms with Crippen LogP contribution in [0.3, 0.4) is 0 Å². The van der Waals surface area contributed by atoms with Crippen LogP contribution in [0.15, 0.2) is 30.3 Å². The molecule has 2 aromatic rings. The van der Waals surface area contributed by atoms with E-state index in [-0.39, 0.29) is 5.91 Å². The van der Waals surface area contributed by atoms with Gasteiger partial charge in [-0.25, -0.2) is 4.98 Å². The number of fused-ring (bicyclic) bond motifs is 1. The maximum atomic E-state index is 12.1. The summed E-state index contributed by atoms with van der Waals surface area (Å²) in [7, 11) is 5.75. The lowest BCUT2D eigenvalue weighted by Gasteiger charge is -2.11. The minimum Gasteiger partial charge on any atom is -0.373 e. The van der Waals surface area contributed by atoms with Crippen molar-refractivity contribution in [1.29, 1.82) is 0 Å². The van der Waals surface area contributed by atoms with E-state index < -0.39 is 0 Å². The SMILES string of the molecule is CNc1nc(C(=O)NCCN(C)C)cc2ccccc12. The van der Waals surface area contributed by atoms with Crippen LogP contribution in [0.4, 0.5) is 5.82 Å².